The molecule has 3 N–H and O–H groups in total. The molecular weight excluding hydrogens is 266 g/mol. The molecule has 0 saturated heterocycles. The Labute approximate surface area is 121 Å². The van der Waals surface area contributed by atoms with Gasteiger partial charge in [0.15, 0.2) is 0 Å². The first-order valence-electron chi connectivity index (χ1n) is 6.76. The number of imidazole rings is 1. The molecular formula is C15H17N5O. The molecule has 6 nitrogen and oxygen atoms in total. The van der Waals surface area contributed by atoms with E-state index < -0.39 is 0 Å². The second kappa shape index (κ2) is 5.32. The van der Waals surface area contributed by atoms with Crippen molar-refractivity contribution in [3.8, 4) is 5.69 Å². The van der Waals surface area contributed by atoms with Gasteiger partial charge in [0.25, 0.3) is 0 Å². The molecule has 0 bridgehead atoms. The van der Waals surface area contributed by atoms with Crippen LogP contribution in [0, 0.1) is 13.8 Å². The quantitative estimate of drug-likeness (QED) is 0.686. The number of aromatic nitrogens is 4. The fraction of sp³-hybridized carbons (Fsp3) is 0.200. The summed E-state index contributed by atoms with van der Waals surface area (Å²) in [6, 6.07) is 7.73. The molecule has 1 aromatic carbocycles. The van der Waals surface area contributed by atoms with E-state index in [2.05, 4.69) is 20.5 Å². The van der Waals surface area contributed by atoms with E-state index in [0.29, 0.717) is 0 Å². The molecule has 6 heteroatoms. The first kappa shape index (κ1) is 13.2. The highest BCUT2D eigenvalue weighted by Gasteiger charge is 2.06. The number of nitrogens with one attached hydrogen (secondary N) is 3. The second-order valence-electron chi connectivity index (χ2n) is 4.95. The summed E-state index contributed by atoms with van der Waals surface area (Å²) in [4.78, 5) is 14.2. The maximum Gasteiger partial charge on any atom is 0.330 e. The predicted molar refractivity (Wildman–Crippen MR) is 81.8 cm³/mol. The van der Waals surface area contributed by atoms with Crippen LogP contribution in [0.3, 0.4) is 0 Å². The number of benzene rings is 1. The molecule has 0 aliphatic rings. The molecule has 0 fully saturated rings. The number of H-pyrrole nitrogens is 2. The minimum absolute atomic E-state index is 0.139. The lowest BCUT2D eigenvalue weighted by molar-refractivity contribution is 0.987. The Morgan fingerprint density at radius 1 is 1.24 bits per heavy atom. The highest BCUT2D eigenvalue weighted by atomic mass is 16.1. The number of hydrogen-bond donors (Lipinski definition) is 3. The summed E-state index contributed by atoms with van der Waals surface area (Å²) in [5.41, 5.74) is 4.97. The van der Waals surface area contributed by atoms with Crippen LogP contribution in [0.2, 0.25) is 0 Å². The number of anilines is 1. The smallest absolute Gasteiger partial charge is 0.330 e. The number of nitrogens with zero attached hydrogens (tertiary/aromatic N) is 2. The van der Waals surface area contributed by atoms with Gasteiger partial charge in [-0.05, 0) is 38.1 Å². The lowest BCUT2D eigenvalue weighted by Crippen LogP contribution is -2.13. The topological polar surface area (TPSA) is 78.5 Å². The van der Waals surface area contributed by atoms with Crippen molar-refractivity contribution in [3.63, 3.8) is 0 Å². The summed E-state index contributed by atoms with van der Waals surface area (Å²) in [6.45, 7) is 4.72. The van der Waals surface area contributed by atoms with Gasteiger partial charge in [-0.2, -0.15) is 5.10 Å². The van der Waals surface area contributed by atoms with E-state index in [-0.39, 0.29) is 5.69 Å². The van der Waals surface area contributed by atoms with Crippen LogP contribution in [0.5, 0.6) is 0 Å². The van der Waals surface area contributed by atoms with Gasteiger partial charge in [-0.15, -0.1) is 0 Å². The third kappa shape index (κ3) is 2.60. The lowest BCUT2D eigenvalue weighted by Gasteiger charge is -2.08. The molecule has 0 aliphatic carbocycles. The molecule has 0 unspecified atom stereocenters. The number of aromatic amines is 2. The first-order valence-corrected chi connectivity index (χ1v) is 6.76. The summed E-state index contributed by atoms with van der Waals surface area (Å²) in [7, 11) is 0. The van der Waals surface area contributed by atoms with Crippen LogP contribution in [0.1, 0.15) is 17.0 Å². The summed E-state index contributed by atoms with van der Waals surface area (Å²) in [5.74, 6) is 0. The molecule has 3 rings (SSSR count). The SMILES string of the molecule is Cc1n[nH]c(C)c1CNc1ccc(-n2cc[nH]c2=O)cc1. The fourth-order valence-electron chi connectivity index (χ4n) is 2.29. The van der Waals surface area contributed by atoms with Crippen molar-refractivity contribution in [2.45, 2.75) is 20.4 Å². The van der Waals surface area contributed by atoms with Gasteiger partial charge in [0, 0.05) is 35.9 Å². The average molecular weight is 283 g/mol. The van der Waals surface area contributed by atoms with Crippen LogP contribution in [0.15, 0.2) is 41.5 Å². The van der Waals surface area contributed by atoms with E-state index in [9.17, 15) is 4.79 Å². The number of rotatable bonds is 4. The van der Waals surface area contributed by atoms with Crippen molar-refractivity contribution in [1.82, 2.24) is 19.7 Å². The minimum Gasteiger partial charge on any atom is -0.381 e. The molecule has 0 spiro atoms. The molecule has 0 saturated carbocycles. The standard InChI is InChI=1S/C15H17N5O/c1-10-14(11(2)19-18-10)9-17-12-3-5-13(6-4-12)20-8-7-16-15(20)21/h3-8,17H,9H2,1-2H3,(H,16,21)(H,18,19). The van der Waals surface area contributed by atoms with Gasteiger partial charge in [0.1, 0.15) is 0 Å². The van der Waals surface area contributed by atoms with Crippen LogP contribution >= 0.6 is 0 Å². The van der Waals surface area contributed by atoms with Crippen molar-refractivity contribution in [2.75, 3.05) is 5.32 Å². The second-order valence-corrected chi connectivity index (χ2v) is 4.95. The van der Waals surface area contributed by atoms with Gasteiger partial charge in [0.2, 0.25) is 0 Å². The van der Waals surface area contributed by atoms with Crippen molar-refractivity contribution >= 4 is 5.69 Å². The van der Waals surface area contributed by atoms with Gasteiger partial charge in [-0.25, -0.2) is 4.79 Å². The third-order valence-electron chi connectivity index (χ3n) is 3.54. The van der Waals surface area contributed by atoms with E-state index in [1.807, 2.05) is 38.1 Å². The predicted octanol–water partition coefficient (Wildman–Crippen LogP) is 2.12. The van der Waals surface area contributed by atoms with E-state index >= 15 is 0 Å². The van der Waals surface area contributed by atoms with Gasteiger partial charge < -0.3 is 10.3 Å². The summed E-state index contributed by atoms with van der Waals surface area (Å²) >= 11 is 0. The Hall–Kier alpha value is -2.76. The molecule has 2 heterocycles. The first-order chi connectivity index (χ1) is 10.1. The molecule has 108 valence electrons. The molecule has 2 aromatic heterocycles. The third-order valence-corrected chi connectivity index (χ3v) is 3.54. The molecule has 3 aromatic rings. The van der Waals surface area contributed by atoms with Crippen LogP contribution in [0.25, 0.3) is 5.69 Å². The van der Waals surface area contributed by atoms with Gasteiger partial charge in [-0.1, -0.05) is 0 Å². The van der Waals surface area contributed by atoms with Crippen molar-refractivity contribution in [2.24, 2.45) is 0 Å². The monoisotopic (exact) mass is 283 g/mol. The van der Waals surface area contributed by atoms with E-state index in [1.54, 1.807) is 17.0 Å². The maximum atomic E-state index is 11.5. The van der Waals surface area contributed by atoms with E-state index in [1.165, 1.54) is 5.56 Å². The lowest BCUT2D eigenvalue weighted by atomic mass is 10.2. The van der Waals surface area contributed by atoms with Crippen molar-refractivity contribution in [3.05, 3.63) is 64.1 Å². The minimum atomic E-state index is -0.139. The molecule has 0 atom stereocenters. The van der Waals surface area contributed by atoms with Crippen LogP contribution < -0.4 is 11.0 Å². The van der Waals surface area contributed by atoms with Gasteiger partial charge in [0.05, 0.1) is 11.4 Å². The number of aryl methyl sites for hydroxylation is 2. The van der Waals surface area contributed by atoms with E-state index in [4.69, 9.17) is 0 Å². The van der Waals surface area contributed by atoms with Crippen LogP contribution in [-0.2, 0) is 6.54 Å². The molecule has 0 amide bonds. The summed E-state index contributed by atoms with van der Waals surface area (Å²) in [6.07, 6.45) is 3.34. The Morgan fingerprint density at radius 3 is 2.57 bits per heavy atom. The molecule has 0 radical (unpaired) electrons. The zero-order valence-electron chi connectivity index (χ0n) is 12.0. The zero-order chi connectivity index (χ0) is 14.8. The van der Waals surface area contributed by atoms with Crippen molar-refractivity contribution in [1.29, 1.82) is 0 Å². The Balaban J connectivity index is 1.73. The fourth-order valence-corrected chi connectivity index (χ4v) is 2.29. The summed E-state index contributed by atoms with van der Waals surface area (Å²) in [5, 5.41) is 10.5. The van der Waals surface area contributed by atoms with Crippen molar-refractivity contribution < 1.29 is 0 Å². The van der Waals surface area contributed by atoms with Crippen LogP contribution in [0.4, 0.5) is 5.69 Å². The highest BCUT2D eigenvalue weighted by Crippen LogP contribution is 2.15. The Kier molecular flexibility index (Phi) is 3.35. The molecule has 0 aliphatic heterocycles. The van der Waals surface area contributed by atoms with Gasteiger partial charge >= 0.3 is 5.69 Å². The Bertz CT molecular complexity index is 775. The van der Waals surface area contributed by atoms with Crippen LogP contribution in [-0.4, -0.2) is 19.7 Å². The largest absolute Gasteiger partial charge is 0.381 e. The summed E-state index contributed by atoms with van der Waals surface area (Å²) < 4.78 is 1.56. The number of hydrogen-bond acceptors (Lipinski definition) is 3. The molecule has 21 heavy (non-hydrogen) atoms. The average Bonchev–Trinajstić information content (AvgIpc) is 3.04. The maximum absolute atomic E-state index is 11.5. The Morgan fingerprint density at radius 2 is 2.00 bits per heavy atom. The normalized spacial score (nSPS) is 10.8. The zero-order valence-corrected chi connectivity index (χ0v) is 12.0. The van der Waals surface area contributed by atoms with Gasteiger partial charge in [-0.3, -0.25) is 9.67 Å². The highest BCUT2D eigenvalue weighted by molar-refractivity contribution is 5.49. The van der Waals surface area contributed by atoms with E-state index in [0.717, 1.165) is 29.3 Å².